The Bertz CT molecular complexity index is 705. The second-order valence-corrected chi connectivity index (χ2v) is 6.50. The first-order valence-corrected chi connectivity index (χ1v) is 9.26. The van der Waals surface area contributed by atoms with Crippen molar-refractivity contribution < 1.29 is 9.53 Å². The van der Waals surface area contributed by atoms with Crippen LogP contribution in [0.15, 0.2) is 64.5 Å². The molecule has 0 atom stereocenters. The number of ether oxygens (including phenoxy) is 1. The minimum absolute atomic E-state index is 0.478. The lowest BCUT2D eigenvalue weighted by atomic mass is 10.2. The molecule has 2 aromatic rings. The lowest BCUT2D eigenvalue weighted by molar-refractivity contribution is 0.187. The van der Waals surface area contributed by atoms with Crippen LogP contribution >= 0.6 is 11.8 Å². The van der Waals surface area contributed by atoms with Gasteiger partial charge < -0.3 is 15.4 Å². The van der Waals surface area contributed by atoms with E-state index >= 15 is 0 Å². The summed E-state index contributed by atoms with van der Waals surface area (Å²) in [5.74, 6) is 1.72. The van der Waals surface area contributed by atoms with E-state index in [1.54, 1.807) is 18.8 Å². The zero-order chi connectivity index (χ0) is 18.6. The number of thioether (sulfide) groups is 1. The maximum absolute atomic E-state index is 11.2. The molecule has 7 heteroatoms. The summed E-state index contributed by atoms with van der Waals surface area (Å²) in [4.78, 5) is 16.7. The fourth-order valence-electron chi connectivity index (χ4n) is 2.14. The molecule has 0 saturated carbocycles. The maximum Gasteiger partial charge on any atom is 0.411 e. The van der Waals surface area contributed by atoms with Crippen LogP contribution in [0.5, 0.6) is 0 Å². The van der Waals surface area contributed by atoms with Crippen LogP contribution in [0.1, 0.15) is 5.56 Å². The minimum Gasteiger partial charge on any atom is -0.453 e. The number of guanidine groups is 1. The summed E-state index contributed by atoms with van der Waals surface area (Å²) >= 11 is 1.81. The molecule has 3 N–H and O–H groups in total. The van der Waals surface area contributed by atoms with Gasteiger partial charge >= 0.3 is 6.09 Å². The Morgan fingerprint density at radius 2 is 1.81 bits per heavy atom. The van der Waals surface area contributed by atoms with Crippen molar-refractivity contribution in [1.82, 2.24) is 10.6 Å². The summed E-state index contributed by atoms with van der Waals surface area (Å²) in [6.07, 6.45) is -0.478. The first kappa shape index (κ1) is 19.7. The Morgan fingerprint density at radius 1 is 1.08 bits per heavy atom. The van der Waals surface area contributed by atoms with Crippen molar-refractivity contribution in [2.75, 3.05) is 31.8 Å². The Labute approximate surface area is 158 Å². The summed E-state index contributed by atoms with van der Waals surface area (Å²) in [5.41, 5.74) is 1.78. The summed E-state index contributed by atoms with van der Waals surface area (Å²) in [5, 5.41) is 9.20. The van der Waals surface area contributed by atoms with Gasteiger partial charge in [0.15, 0.2) is 5.96 Å². The third-order valence-corrected chi connectivity index (χ3v) is 4.49. The Kier molecular flexibility index (Phi) is 8.35. The lowest BCUT2D eigenvalue weighted by Crippen LogP contribution is -2.37. The molecule has 0 unspecified atom stereocenters. The van der Waals surface area contributed by atoms with Gasteiger partial charge in [-0.1, -0.05) is 30.3 Å². The first-order chi connectivity index (χ1) is 12.7. The van der Waals surface area contributed by atoms with E-state index in [4.69, 9.17) is 0 Å². The van der Waals surface area contributed by atoms with Crippen molar-refractivity contribution in [2.24, 2.45) is 4.99 Å². The summed E-state index contributed by atoms with van der Waals surface area (Å²) in [7, 11) is 3.09. The molecule has 2 aromatic carbocycles. The van der Waals surface area contributed by atoms with Crippen LogP contribution < -0.4 is 16.0 Å². The van der Waals surface area contributed by atoms with E-state index in [1.807, 2.05) is 42.5 Å². The zero-order valence-corrected chi connectivity index (χ0v) is 15.8. The molecule has 0 aliphatic heterocycles. The van der Waals surface area contributed by atoms with Crippen molar-refractivity contribution >= 4 is 29.5 Å². The average Bonchev–Trinajstić information content (AvgIpc) is 2.69. The zero-order valence-electron chi connectivity index (χ0n) is 15.0. The Balaban J connectivity index is 1.70. The second-order valence-electron chi connectivity index (χ2n) is 5.33. The van der Waals surface area contributed by atoms with Crippen molar-refractivity contribution in [3.63, 3.8) is 0 Å². The highest BCUT2D eigenvalue weighted by atomic mass is 32.2. The smallest absolute Gasteiger partial charge is 0.411 e. The molecule has 0 radical (unpaired) electrons. The van der Waals surface area contributed by atoms with E-state index in [1.165, 1.54) is 12.0 Å². The van der Waals surface area contributed by atoms with Gasteiger partial charge in [-0.3, -0.25) is 10.3 Å². The highest BCUT2D eigenvalue weighted by Gasteiger charge is 2.02. The minimum atomic E-state index is -0.478. The number of nitrogens with zero attached hydrogens (tertiary/aromatic N) is 1. The fourth-order valence-corrected chi connectivity index (χ4v) is 2.93. The van der Waals surface area contributed by atoms with Crippen LogP contribution in [-0.2, 0) is 11.3 Å². The van der Waals surface area contributed by atoms with Gasteiger partial charge in [0.2, 0.25) is 0 Å². The van der Waals surface area contributed by atoms with Crippen LogP contribution in [0.2, 0.25) is 0 Å². The van der Waals surface area contributed by atoms with Gasteiger partial charge in [0.05, 0.1) is 7.11 Å². The number of hydrogen-bond acceptors (Lipinski definition) is 4. The molecule has 0 saturated heterocycles. The first-order valence-electron chi connectivity index (χ1n) is 8.27. The molecule has 26 heavy (non-hydrogen) atoms. The molecule has 0 aromatic heterocycles. The normalized spacial score (nSPS) is 10.9. The largest absolute Gasteiger partial charge is 0.453 e. The SMILES string of the molecule is CN=C(NCCSc1ccccc1)NCc1ccc(NC(=O)OC)cc1. The second kappa shape index (κ2) is 11.0. The molecule has 1 amide bonds. The monoisotopic (exact) mass is 372 g/mol. The number of aliphatic imine (C=N–C) groups is 1. The molecular formula is C19H24N4O2S. The molecule has 0 aliphatic rings. The number of methoxy groups -OCH3 is 1. The van der Waals surface area contributed by atoms with Gasteiger partial charge in [0.25, 0.3) is 0 Å². The predicted molar refractivity (Wildman–Crippen MR) is 108 cm³/mol. The molecule has 0 aliphatic carbocycles. The topological polar surface area (TPSA) is 74.8 Å². The summed E-state index contributed by atoms with van der Waals surface area (Å²) in [6.45, 7) is 1.46. The quantitative estimate of drug-likeness (QED) is 0.301. The van der Waals surface area contributed by atoms with Crippen LogP contribution in [-0.4, -0.2) is 38.5 Å². The van der Waals surface area contributed by atoms with Gasteiger partial charge in [0, 0.05) is 36.5 Å². The van der Waals surface area contributed by atoms with E-state index in [2.05, 4.69) is 37.8 Å². The van der Waals surface area contributed by atoms with Crippen molar-refractivity contribution in [3.8, 4) is 0 Å². The summed E-state index contributed by atoms with van der Waals surface area (Å²) in [6, 6.07) is 17.9. The van der Waals surface area contributed by atoms with Gasteiger partial charge in [-0.05, 0) is 29.8 Å². The molecular weight excluding hydrogens is 348 g/mol. The van der Waals surface area contributed by atoms with Crippen LogP contribution in [0.3, 0.4) is 0 Å². The van der Waals surface area contributed by atoms with Gasteiger partial charge in [-0.25, -0.2) is 4.79 Å². The van der Waals surface area contributed by atoms with Crippen LogP contribution in [0.4, 0.5) is 10.5 Å². The van der Waals surface area contributed by atoms with Gasteiger partial charge in [-0.2, -0.15) is 0 Å². The molecule has 0 bridgehead atoms. The number of benzene rings is 2. The predicted octanol–water partition coefficient (Wildman–Crippen LogP) is 3.32. The van der Waals surface area contributed by atoms with E-state index in [0.29, 0.717) is 12.2 Å². The lowest BCUT2D eigenvalue weighted by Gasteiger charge is -2.12. The third kappa shape index (κ3) is 7.06. The molecule has 6 nitrogen and oxygen atoms in total. The van der Waals surface area contributed by atoms with Crippen molar-refractivity contribution in [1.29, 1.82) is 0 Å². The molecule has 2 rings (SSSR count). The standard InChI is InChI=1S/C19H24N4O2S/c1-20-18(21-12-13-26-17-6-4-3-5-7-17)22-14-15-8-10-16(11-9-15)23-19(24)25-2/h3-11H,12-14H2,1-2H3,(H,23,24)(H2,20,21,22). The van der Waals surface area contributed by atoms with Gasteiger partial charge in [-0.15, -0.1) is 11.8 Å². The maximum atomic E-state index is 11.2. The molecule has 0 fully saturated rings. The van der Waals surface area contributed by atoms with Gasteiger partial charge in [0.1, 0.15) is 0 Å². The third-order valence-electron chi connectivity index (χ3n) is 3.48. The van der Waals surface area contributed by atoms with E-state index in [-0.39, 0.29) is 0 Å². The number of carbonyl (C=O) groups excluding carboxylic acids is 1. The average molecular weight is 372 g/mol. The van der Waals surface area contributed by atoms with Crippen LogP contribution in [0.25, 0.3) is 0 Å². The number of anilines is 1. The van der Waals surface area contributed by atoms with Crippen molar-refractivity contribution in [2.45, 2.75) is 11.4 Å². The number of carbonyl (C=O) groups is 1. The number of amides is 1. The number of rotatable bonds is 7. The summed E-state index contributed by atoms with van der Waals surface area (Å²) < 4.78 is 4.56. The highest BCUT2D eigenvalue weighted by Crippen LogP contribution is 2.15. The molecule has 138 valence electrons. The highest BCUT2D eigenvalue weighted by molar-refractivity contribution is 7.99. The van der Waals surface area contributed by atoms with Crippen molar-refractivity contribution in [3.05, 3.63) is 60.2 Å². The fraction of sp³-hybridized carbons (Fsp3) is 0.263. The van der Waals surface area contributed by atoms with E-state index in [0.717, 1.165) is 23.8 Å². The van der Waals surface area contributed by atoms with E-state index < -0.39 is 6.09 Å². The van der Waals surface area contributed by atoms with E-state index in [9.17, 15) is 4.79 Å². The molecule has 0 spiro atoms. The molecule has 0 heterocycles. The Hall–Kier alpha value is -2.67. The number of nitrogens with one attached hydrogen (secondary N) is 3. The Morgan fingerprint density at radius 3 is 2.46 bits per heavy atom. The van der Waals surface area contributed by atoms with Crippen LogP contribution in [0, 0.1) is 0 Å². The number of hydrogen-bond donors (Lipinski definition) is 3.